The molecule has 0 unspecified atom stereocenters. The van der Waals surface area contributed by atoms with Crippen molar-refractivity contribution in [3.63, 3.8) is 0 Å². The predicted molar refractivity (Wildman–Crippen MR) is 64.5 cm³/mol. The van der Waals surface area contributed by atoms with Crippen LogP contribution in [-0.2, 0) is 6.54 Å². The summed E-state index contributed by atoms with van der Waals surface area (Å²) in [5.74, 6) is 1.57. The first-order valence-electron chi connectivity index (χ1n) is 5.29. The Bertz CT molecular complexity index is 486. The summed E-state index contributed by atoms with van der Waals surface area (Å²) in [7, 11) is 0. The van der Waals surface area contributed by atoms with Gasteiger partial charge >= 0.3 is 0 Å². The highest BCUT2D eigenvalue weighted by Gasteiger charge is 2.12. The average Bonchev–Trinajstić information content (AvgIpc) is 2.55. The van der Waals surface area contributed by atoms with Gasteiger partial charge in [0.2, 0.25) is 0 Å². The van der Waals surface area contributed by atoms with Crippen molar-refractivity contribution in [1.29, 1.82) is 0 Å². The average molecular weight is 223 g/mol. The fraction of sp³-hybridized carbons (Fsp3) is 0.417. The molecule has 1 aromatic carbocycles. The zero-order chi connectivity index (χ0) is 11.0. The van der Waals surface area contributed by atoms with Gasteiger partial charge < -0.3 is 4.57 Å². The van der Waals surface area contributed by atoms with Gasteiger partial charge in [-0.05, 0) is 25.1 Å². The molecule has 1 heterocycles. The van der Waals surface area contributed by atoms with Gasteiger partial charge in [-0.1, -0.05) is 25.4 Å². The van der Waals surface area contributed by atoms with Gasteiger partial charge in [-0.25, -0.2) is 4.98 Å². The normalized spacial score (nSPS) is 11.5. The van der Waals surface area contributed by atoms with Crippen molar-refractivity contribution in [2.45, 2.75) is 33.2 Å². The Morgan fingerprint density at radius 2 is 2.13 bits per heavy atom. The Balaban J connectivity index is 2.74. The van der Waals surface area contributed by atoms with E-state index in [0.29, 0.717) is 5.92 Å². The molecule has 3 heteroatoms. The molecule has 0 bridgehead atoms. The summed E-state index contributed by atoms with van der Waals surface area (Å²) in [4.78, 5) is 4.63. The topological polar surface area (TPSA) is 17.8 Å². The van der Waals surface area contributed by atoms with E-state index in [-0.39, 0.29) is 0 Å². The fourth-order valence-corrected chi connectivity index (χ4v) is 2.05. The quantitative estimate of drug-likeness (QED) is 0.755. The van der Waals surface area contributed by atoms with E-state index in [1.54, 1.807) is 0 Å². The van der Waals surface area contributed by atoms with Crippen molar-refractivity contribution in [3.05, 3.63) is 29.0 Å². The Labute approximate surface area is 94.9 Å². The first-order valence-corrected chi connectivity index (χ1v) is 5.67. The smallest absolute Gasteiger partial charge is 0.112 e. The minimum absolute atomic E-state index is 0.441. The molecule has 0 saturated carbocycles. The first-order chi connectivity index (χ1) is 7.13. The Kier molecular flexibility index (Phi) is 2.70. The molecule has 0 aliphatic carbocycles. The molecule has 0 fully saturated rings. The summed E-state index contributed by atoms with van der Waals surface area (Å²) in [5.41, 5.74) is 2.17. The lowest BCUT2D eigenvalue weighted by molar-refractivity contribution is 0.667. The fourth-order valence-electron chi connectivity index (χ4n) is 1.89. The number of benzene rings is 1. The van der Waals surface area contributed by atoms with Crippen LogP contribution in [0.4, 0.5) is 0 Å². The van der Waals surface area contributed by atoms with Gasteiger partial charge in [0.05, 0.1) is 11.0 Å². The summed E-state index contributed by atoms with van der Waals surface area (Å²) < 4.78 is 2.23. The second kappa shape index (κ2) is 3.86. The van der Waals surface area contributed by atoms with Gasteiger partial charge in [-0.3, -0.25) is 0 Å². The van der Waals surface area contributed by atoms with Gasteiger partial charge in [0, 0.05) is 17.5 Å². The number of fused-ring (bicyclic) bond motifs is 1. The Morgan fingerprint density at radius 3 is 2.73 bits per heavy atom. The maximum absolute atomic E-state index is 6.00. The van der Waals surface area contributed by atoms with Crippen LogP contribution in [0.25, 0.3) is 11.0 Å². The van der Waals surface area contributed by atoms with Crippen molar-refractivity contribution in [1.82, 2.24) is 9.55 Å². The van der Waals surface area contributed by atoms with E-state index < -0.39 is 0 Å². The van der Waals surface area contributed by atoms with Crippen LogP contribution in [0.5, 0.6) is 0 Å². The molecule has 2 rings (SSSR count). The number of halogens is 1. The summed E-state index contributed by atoms with van der Waals surface area (Å²) in [5, 5.41) is 0.771. The molecular weight excluding hydrogens is 208 g/mol. The molecule has 0 saturated heterocycles. The van der Waals surface area contributed by atoms with Crippen molar-refractivity contribution >= 4 is 22.6 Å². The lowest BCUT2D eigenvalue weighted by atomic mass is 10.2. The second-order valence-electron chi connectivity index (χ2n) is 4.00. The number of rotatable bonds is 2. The molecule has 2 aromatic rings. The third kappa shape index (κ3) is 1.74. The zero-order valence-electron chi connectivity index (χ0n) is 9.29. The molecule has 0 amide bonds. The number of aryl methyl sites for hydroxylation is 1. The predicted octanol–water partition coefficient (Wildman–Crippen LogP) is 3.83. The van der Waals surface area contributed by atoms with E-state index in [1.165, 1.54) is 0 Å². The third-order valence-electron chi connectivity index (χ3n) is 2.57. The maximum Gasteiger partial charge on any atom is 0.112 e. The lowest BCUT2D eigenvalue weighted by Crippen LogP contribution is -2.03. The van der Waals surface area contributed by atoms with E-state index >= 15 is 0 Å². The highest BCUT2D eigenvalue weighted by atomic mass is 35.5. The lowest BCUT2D eigenvalue weighted by Gasteiger charge is -2.08. The summed E-state index contributed by atoms with van der Waals surface area (Å²) >= 11 is 6.00. The van der Waals surface area contributed by atoms with Gasteiger partial charge in [0.1, 0.15) is 5.82 Å². The first kappa shape index (κ1) is 10.5. The van der Waals surface area contributed by atoms with Gasteiger partial charge in [0.15, 0.2) is 0 Å². The van der Waals surface area contributed by atoms with Crippen molar-refractivity contribution < 1.29 is 0 Å². The molecular formula is C12H15ClN2. The van der Waals surface area contributed by atoms with Gasteiger partial charge in [-0.2, -0.15) is 0 Å². The van der Waals surface area contributed by atoms with E-state index in [1.807, 2.05) is 18.2 Å². The maximum atomic E-state index is 6.00. The molecule has 0 spiro atoms. The molecule has 80 valence electrons. The van der Waals surface area contributed by atoms with Crippen LogP contribution in [0, 0.1) is 0 Å². The van der Waals surface area contributed by atoms with Crippen LogP contribution in [0.3, 0.4) is 0 Å². The molecule has 2 nitrogen and oxygen atoms in total. The van der Waals surface area contributed by atoms with Crippen LogP contribution in [-0.4, -0.2) is 9.55 Å². The SMILES string of the molecule is CCn1c(C(C)C)nc2ccc(Cl)cc21. The molecule has 0 aliphatic heterocycles. The van der Waals surface area contributed by atoms with Crippen LogP contribution in [0.15, 0.2) is 18.2 Å². The van der Waals surface area contributed by atoms with E-state index in [2.05, 4.69) is 30.3 Å². The third-order valence-corrected chi connectivity index (χ3v) is 2.81. The number of imidazole rings is 1. The summed E-state index contributed by atoms with van der Waals surface area (Å²) in [6.45, 7) is 7.39. The van der Waals surface area contributed by atoms with E-state index in [9.17, 15) is 0 Å². The molecule has 0 radical (unpaired) electrons. The van der Waals surface area contributed by atoms with Crippen molar-refractivity contribution in [3.8, 4) is 0 Å². The van der Waals surface area contributed by atoms with E-state index in [4.69, 9.17) is 11.6 Å². The standard InChI is InChI=1S/C12H15ClN2/c1-4-15-11-7-9(13)5-6-10(11)14-12(15)8(2)3/h5-8H,4H2,1-3H3. The number of hydrogen-bond donors (Lipinski definition) is 0. The van der Waals surface area contributed by atoms with Gasteiger partial charge in [0.25, 0.3) is 0 Å². The van der Waals surface area contributed by atoms with Gasteiger partial charge in [-0.15, -0.1) is 0 Å². The molecule has 0 atom stereocenters. The zero-order valence-corrected chi connectivity index (χ0v) is 10.0. The van der Waals surface area contributed by atoms with Crippen LogP contribution in [0.2, 0.25) is 5.02 Å². The highest BCUT2D eigenvalue weighted by molar-refractivity contribution is 6.31. The second-order valence-corrected chi connectivity index (χ2v) is 4.44. The molecule has 0 aliphatic rings. The molecule has 0 N–H and O–H groups in total. The number of aromatic nitrogens is 2. The number of nitrogens with zero attached hydrogens (tertiary/aromatic N) is 2. The Hall–Kier alpha value is -1.02. The van der Waals surface area contributed by atoms with E-state index in [0.717, 1.165) is 28.4 Å². The van der Waals surface area contributed by atoms with Crippen LogP contribution in [0.1, 0.15) is 32.5 Å². The van der Waals surface area contributed by atoms with Crippen LogP contribution < -0.4 is 0 Å². The molecule has 1 aromatic heterocycles. The molecule has 15 heavy (non-hydrogen) atoms. The van der Waals surface area contributed by atoms with Crippen molar-refractivity contribution in [2.75, 3.05) is 0 Å². The summed E-state index contributed by atoms with van der Waals surface area (Å²) in [6, 6.07) is 5.86. The summed E-state index contributed by atoms with van der Waals surface area (Å²) in [6.07, 6.45) is 0. The minimum Gasteiger partial charge on any atom is -0.328 e. The monoisotopic (exact) mass is 222 g/mol. The van der Waals surface area contributed by atoms with Crippen molar-refractivity contribution in [2.24, 2.45) is 0 Å². The largest absolute Gasteiger partial charge is 0.328 e. The highest BCUT2D eigenvalue weighted by Crippen LogP contribution is 2.24. The Morgan fingerprint density at radius 1 is 1.40 bits per heavy atom. The number of hydrogen-bond acceptors (Lipinski definition) is 1. The minimum atomic E-state index is 0.441. The van der Waals surface area contributed by atoms with Crippen LogP contribution >= 0.6 is 11.6 Å².